The molecule has 2 unspecified atom stereocenters. The van der Waals surface area contributed by atoms with Gasteiger partial charge in [0.05, 0.1) is 22.7 Å². The molecule has 0 saturated heterocycles. The lowest BCUT2D eigenvalue weighted by atomic mass is 10.0. The zero-order chi connectivity index (χ0) is 15.5. The summed E-state index contributed by atoms with van der Waals surface area (Å²) in [7, 11) is 1.84. The molecular weight excluding hydrogens is 296 g/mol. The maximum atomic E-state index is 10.7. The number of nitrogens with one attached hydrogen (secondary N) is 1. The van der Waals surface area contributed by atoms with E-state index in [4.69, 9.17) is 11.6 Å². The number of benzene rings is 2. The third-order valence-corrected chi connectivity index (χ3v) is 4.21. The van der Waals surface area contributed by atoms with Crippen LogP contribution in [-0.4, -0.2) is 29.4 Å². The van der Waals surface area contributed by atoms with Gasteiger partial charge in [-0.2, -0.15) is 0 Å². The minimum atomic E-state index is -0.556. The number of likely N-dealkylation sites (N-methyl/N-ethyl adjacent to an activating group) is 1. The molecule has 0 aliphatic heterocycles. The SMILES string of the molecule is CNCC(O)C(c1ccccc1)n1ccc2cccc(Cl)c21. The molecule has 0 radical (unpaired) electrons. The van der Waals surface area contributed by atoms with Gasteiger partial charge < -0.3 is 15.0 Å². The maximum Gasteiger partial charge on any atom is 0.0912 e. The van der Waals surface area contributed by atoms with Gasteiger partial charge in [0.15, 0.2) is 0 Å². The normalized spacial score (nSPS) is 14.1. The number of aromatic nitrogens is 1. The molecule has 4 heteroatoms. The third kappa shape index (κ3) is 2.75. The molecule has 3 nitrogen and oxygen atoms in total. The third-order valence-electron chi connectivity index (χ3n) is 3.91. The molecule has 1 aromatic heterocycles. The number of nitrogens with zero attached hydrogens (tertiary/aromatic N) is 1. The van der Waals surface area contributed by atoms with Crippen molar-refractivity contribution >= 4 is 22.5 Å². The molecular formula is C18H19ClN2O. The van der Waals surface area contributed by atoms with Crippen molar-refractivity contribution in [1.82, 2.24) is 9.88 Å². The van der Waals surface area contributed by atoms with E-state index < -0.39 is 6.10 Å². The van der Waals surface area contributed by atoms with Gasteiger partial charge in [0.1, 0.15) is 0 Å². The summed E-state index contributed by atoms with van der Waals surface area (Å²) in [6, 6.07) is 17.7. The highest BCUT2D eigenvalue weighted by Gasteiger charge is 2.24. The molecule has 0 aliphatic carbocycles. The summed E-state index contributed by atoms with van der Waals surface area (Å²) in [6.07, 6.45) is 1.44. The second-order valence-corrected chi connectivity index (χ2v) is 5.79. The number of fused-ring (bicyclic) bond motifs is 1. The van der Waals surface area contributed by atoms with E-state index in [1.54, 1.807) is 0 Å². The van der Waals surface area contributed by atoms with E-state index in [0.717, 1.165) is 16.5 Å². The van der Waals surface area contributed by atoms with Crippen LogP contribution in [0.1, 0.15) is 11.6 Å². The fourth-order valence-corrected chi connectivity index (χ4v) is 3.22. The fourth-order valence-electron chi connectivity index (χ4n) is 2.94. The Kier molecular flexibility index (Phi) is 4.48. The van der Waals surface area contributed by atoms with Crippen molar-refractivity contribution < 1.29 is 5.11 Å². The Labute approximate surface area is 135 Å². The standard InChI is InChI=1S/C18H19ClN2O/c1-20-12-16(22)18(13-6-3-2-4-7-13)21-11-10-14-8-5-9-15(19)17(14)21/h2-11,16,18,20,22H,12H2,1H3. The predicted octanol–water partition coefficient (Wildman–Crippen LogP) is 3.46. The first kappa shape index (κ1) is 15.1. The highest BCUT2D eigenvalue weighted by molar-refractivity contribution is 6.35. The molecule has 3 aromatic rings. The molecule has 1 heterocycles. The van der Waals surface area contributed by atoms with E-state index in [0.29, 0.717) is 11.6 Å². The Morgan fingerprint density at radius 1 is 1.09 bits per heavy atom. The van der Waals surface area contributed by atoms with Crippen LogP contribution in [-0.2, 0) is 0 Å². The Morgan fingerprint density at radius 2 is 1.86 bits per heavy atom. The van der Waals surface area contributed by atoms with E-state index in [9.17, 15) is 5.11 Å². The van der Waals surface area contributed by atoms with Gasteiger partial charge in [0.2, 0.25) is 0 Å². The van der Waals surface area contributed by atoms with Crippen LogP contribution < -0.4 is 5.32 Å². The lowest BCUT2D eigenvalue weighted by molar-refractivity contribution is 0.132. The summed E-state index contributed by atoms with van der Waals surface area (Å²) >= 11 is 6.40. The molecule has 0 bridgehead atoms. The molecule has 3 rings (SSSR count). The minimum Gasteiger partial charge on any atom is -0.389 e. The van der Waals surface area contributed by atoms with Gasteiger partial charge in [-0.05, 0) is 24.7 Å². The Hall–Kier alpha value is -1.81. The first-order valence-corrected chi connectivity index (χ1v) is 7.73. The average Bonchev–Trinajstić information content (AvgIpc) is 2.94. The van der Waals surface area contributed by atoms with Crippen LogP contribution in [0.15, 0.2) is 60.8 Å². The van der Waals surface area contributed by atoms with E-state index in [-0.39, 0.29) is 6.04 Å². The lowest BCUT2D eigenvalue weighted by Gasteiger charge is -2.26. The van der Waals surface area contributed by atoms with Crippen LogP contribution in [0, 0.1) is 0 Å². The predicted molar refractivity (Wildman–Crippen MR) is 91.5 cm³/mol. The number of halogens is 1. The number of para-hydroxylation sites is 1. The zero-order valence-corrected chi connectivity index (χ0v) is 13.2. The van der Waals surface area contributed by atoms with Gasteiger partial charge in [-0.15, -0.1) is 0 Å². The lowest BCUT2D eigenvalue weighted by Crippen LogP contribution is -2.33. The first-order valence-electron chi connectivity index (χ1n) is 7.35. The molecule has 22 heavy (non-hydrogen) atoms. The van der Waals surface area contributed by atoms with Crippen molar-refractivity contribution in [2.75, 3.05) is 13.6 Å². The van der Waals surface area contributed by atoms with Crippen molar-refractivity contribution in [2.45, 2.75) is 12.1 Å². The number of aliphatic hydroxyl groups is 1. The number of aliphatic hydroxyl groups excluding tert-OH is 1. The molecule has 0 amide bonds. The van der Waals surface area contributed by atoms with Crippen LogP contribution in [0.4, 0.5) is 0 Å². The van der Waals surface area contributed by atoms with E-state index in [1.807, 2.05) is 67.8 Å². The van der Waals surface area contributed by atoms with E-state index >= 15 is 0 Å². The summed E-state index contributed by atoms with van der Waals surface area (Å²) < 4.78 is 2.06. The summed E-state index contributed by atoms with van der Waals surface area (Å²) in [5, 5.41) is 15.5. The van der Waals surface area contributed by atoms with Crippen molar-refractivity contribution in [2.24, 2.45) is 0 Å². The summed E-state index contributed by atoms with van der Waals surface area (Å²) in [6.45, 7) is 0.504. The van der Waals surface area contributed by atoms with Crippen LogP contribution in [0.2, 0.25) is 5.02 Å². The van der Waals surface area contributed by atoms with Crippen molar-refractivity contribution in [3.05, 3.63) is 71.4 Å². The van der Waals surface area contributed by atoms with Crippen molar-refractivity contribution in [1.29, 1.82) is 0 Å². The monoisotopic (exact) mass is 314 g/mol. The van der Waals surface area contributed by atoms with Gasteiger partial charge >= 0.3 is 0 Å². The molecule has 0 spiro atoms. The minimum absolute atomic E-state index is 0.189. The van der Waals surface area contributed by atoms with Crippen molar-refractivity contribution in [3.63, 3.8) is 0 Å². The Balaban J connectivity index is 2.16. The molecule has 114 valence electrons. The maximum absolute atomic E-state index is 10.7. The molecule has 0 aliphatic rings. The smallest absolute Gasteiger partial charge is 0.0912 e. The summed E-state index contributed by atoms with van der Waals surface area (Å²) in [4.78, 5) is 0. The number of hydrogen-bond acceptors (Lipinski definition) is 2. The van der Waals surface area contributed by atoms with Crippen LogP contribution in [0.3, 0.4) is 0 Å². The van der Waals surface area contributed by atoms with Gasteiger partial charge in [-0.1, -0.05) is 54.1 Å². The average molecular weight is 315 g/mol. The molecule has 2 N–H and O–H groups in total. The van der Waals surface area contributed by atoms with E-state index in [2.05, 4.69) is 9.88 Å². The summed E-state index contributed by atoms with van der Waals surface area (Å²) in [5.74, 6) is 0. The second-order valence-electron chi connectivity index (χ2n) is 5.38. The molecule has 0 saturated carbocycles. The quantitative estimate of drug-likeness (QED) is 0.756. The van der Waals surface area contributed by atoms with Gasteiger partial charge in [-0.3, -0.25) is 0 Å². The van der Waals surface area contributed by atoms with E-state index in [1.165, 1.54) is 0 Å². The largest absolute Gasteiger partial charge is 0.389 e. The fraction of sp³-hybridized carbons (Fsp3) is 0.222. The van der Waals surface area contributed by atoms with Crippen molar-refractivity contribution in [3.8, 4) is 0 Å². The highest BCUT2D eigenvalue weighted by Crippen LogP contribution is 2.31. The van der Waals surface area contributed by atoms with Gasteiger partial charge in [0, 0.05) is 18.1 Å². The van der Waals surface area contributed by atoms with Gasteiger partial charge in [0.25, 0.3) is 0 Å². The van der Waals surface area contributed by atoms with Crippen LogP contribution >= 0.6 is 11.6 Å². The molecule has 2 atom stereocenters. The van der Waals surface area contributed by atoms with Crippen LogP contribution in [0.5, 0.6) is 0 Å². The Morgan fingerprint density at radius 3 is 2.59 bits per heavy atom. The number of hydrogen-bond donors (Lipinski definition) is 2. The first-order chi connectivity index (χ1) is 10.7. The topological polar surface area (TPSA) is 37.2 Å². The molecule has 0 fully saturated rings. The molecule has 2 aromatic carbocycles. The van der Waals surface area contributed by atoms with Crippen LogP contribution in [0.25, 0.3) is 10.9 Å². The second kappa shape index (κ2) is 6.53. The summed E-state index contributed by atoms with van der Waals surface area (Å²) in [5.41, 5.74) is 2.01. The number of rotatable bonds is 5. The zero-order valence-electron chi connectivity index (χ0n) is 12.4. The van der Waals surface area contributed by atoms with Gasteiger partial charge in [-0.25, -0.2) is 0 Å². The Bertz CT molecular complexity index is 754. The highest BCUT2D eigenvalue weighted by atomic mass is 35.5.